The molecule has 2 rings (SSSR count). The van der Waals surface area contributed by atoms with Crippen LogP contribution in [0.15, 0.2) is 11.8 Å². The molecule has 0 aromatic carbocycles. The smallest absolute Gasteiger partial charge is 0.874 e. The molecule has 2 unspecified atom stereocenters. The van der Waals surface area contributed by atoms with Gasteiger partial charge in [-0.2, -0.15) is 0 Å². The van der Waals surface area contributed by atoms with Crippen molar-refractivity contribution >= 4 is 0 Å². The second kappa shape index (κ2) is 1.79. The molecule has 2 atom stereocenters. The zero-order valence-corrected chi connectivity index (χ0v) is 5.68. The van der Waals surface area contributed by atoms with Crippen molar-refractivity contribution in [1.29, 1.82) is 0 Å². The van der Waals surface area contributed by atoms with Crippen LogP contribution in [0.3, 0.4) is 0 Å². The van der Waals surface area contributed by atoms with Gasteiger partial charge in [0.1, 0.15) is 0 Å². The normalized spacial score (nSPS) is 45.0. The molecule has 1 aliphatic heterocycles. The molecule has 0 bridgehead atoms. The predicted octanol–water partition coefficient (Wildman–Crippen LogP) is -3.20. The van der Waals surface area contributed by atoms with Crippen molar-refractivity contribution in [3.8, 4) is 0 Å². The first-order valence-corrected chi connectivity index (χ1v) is 2.77. The maximum absolute atomic E-state index is 10.6. The fourth-order valence-electron chi connectivity index (χ4n) is 1.16. The second-order valence-corrected chi connectivity index (χ2v) is 2.62. The Morgan fingerprint density at radius 1 is 1.89 bits per heavy atom. The summed E-state index contributed by atoms with van der Waals surface area (Å²) in [4.78, 5) is 0. The third-order valence-electron chi connectivity index (χ3n) is 1.85. The van der Waals surface area contributed by atoms with Crippen LogP contribution in [-0.4, -0.2) is 11.7 Å². The van der Waals surface area contributed by atoms with E-state index in [0.29, 0.717) is 0 Å². The van der Waals surface area contributed by atoms with Crippen molar-refractivity contribution in [3.05, 3.63) is 11.8 Å². The second-order valence-electron chi connectivity index (χ2n) is 2.62. The van der Waals surface area contributed by atoms with Crippen LogP contribution in [0, 0.1) is 0 Å². The zero-order chi connectivity index (χ0) is 5.78. The Hall–Kier alpha value is 0.0974. The van der Waals surface area contributed by atoms with Gasteiger partial charge in [0.2, 0.25) is 0 Å². The fraction of sp³-hybridized carbons (Fsp3) is 0.667. The van der Waals surface area contributed by atoms with Crippen LogP contribution in [0.25, 0.3) is 0 Å². The van der Waals surface area contributed by atoms with E-state index in [1.807, 2.05) is 6.92 Å². The van der Waals surface area contributed by atoms with Gasteiger partial charge < -0.3 is 9.84 Å². The van der Waals surface area contributed by atoms with Crippen molar-refractivity contribution in [2.24, 2.45) is 0 Å². The molecule has 3 heteroatoms. The summed E-state index contributed by atoms with van der Waals surface area (Å²) < 4.78 is 5.07. The number of hydrogen-bond acceptors (Lipinski definition) is 2. The first kappa shape index (κ1) is 7.21. The SMILES string of the molecule is CC12CC=C([O-])C1O2.[Li+]. The maximum Gasteiger partial charge on any atom is 1.00 e. The van der Waals surface area contributed by atoms with Gasteiger partial charge in [0.25, 0.3) is 0 Å². The van der Waals surface area contributed by atoms with E-state index in [1.165, 1.54) is 0 Å². The van der Waals surface area contributed by atoms with Gasteiger partial charge in [-0.3, -0.25) is 0 Å². The molecule has 44 valence electrons. The molecule has 0 spiro atoms. The van der Waals surface area contributed by atoms with E-state index in [2.05, 4.69) is 0 Å². The van der Waals surface area contributed by atoms with Gasteiger partial charge in [-0.25, -0.2) is 0 Å². The minimum Gasteiger partial charge on any atom is -0.874 e. The Morgan fingerprint density at radius 3 is 2.67 bits per heavy atom. The van der Waals surface area contributed by atoms with E-state index in [1.54, 1.807) is 6.08 Å². The van der Waals surface area contributed by atoms with Crippen molar-refractivity contribution < 1.29 is 28.7 Å². The van der Waals surface area contributed by atoms with Crippen LogP contribution in [0.5, 0.6) is 0 Å². The van der Waals surface area contributed by atoms with Gasteiger partial charge in [0.05, 0.1) is 11.7 Å². The number of fused-ring (bicyclic) bond motifs is 1. The van der Waals surface area contributed by atoms with Crippen molar-refractivity contribution in [2.75, 3.05) is 0 Å². The molecule has 2 nitrogen and oxygen atoms in total. The average Bonchev–Trinajstić information content (AvgIpc) is 2.32. The Bertz CT molecular complexity index is 166. The Balaban J connectivity index is 0.000000405. The monoisotopic (exact) mass is 118 g/mol. The zero-order valence-electron chi connectivity index (χ0n) is 5.68. The standard InChI is InChI=1S/C6H8O2.Li/c1-6-3-2-4(7)5(6)8-6;/h2,5,7H,3H2,1H3;/q;+1/p-1. The minimum atomic E-state index is -0.0723. The summed E-state index contributed by atoms with van der Waals surface area (Å²) in [6.07, 6.45) is 2.47. The Morgan fingerprint density at radius 2 is 2.56 bits per heavy atom. The molecule has 0 aromatic heterocycles. The number of hydrogen-bond donors (Lipinski definition) is 0. The summed E-state index contributed by atoms with van der Waals surface area (Å²) in [5.74, 6) is 0.174. The molecule has 1 aliphatic carbocycles. The van der Waals surface area contributed by atoms with Crippen molar-refractivity contribution in [2.45, 2.75) is 25.0 Å². The largest absolute Gasteiger partial charge is 1.00 e. The van der Waals surface area contributed by atoms with Crippen LogP contribution in [-0.2, 0) is 4.74 Å². The van der Waals surface area contributed by atoms with Crippen LogP contribution in [0.1, 0.15) is 13.3 Å². The molecular formula is C6H7LiO2. The summed E-state index contributed by atoms with van der Waals surface area (Å²) >= 11 is 0. The first-order valence-electron chi connectivity index (χ1n) is 2.77. The maximum atomic E-state index is 10.6. The quantitative estimate of drug-likeness (QED) is 0.248. The van der Waals surface area contributed by atoms with Gasteiger partial charge in [-0.15, -0.1) is 5.76 Å². The first-order chi connectivity index (χ1) is 3.72. The van der Waals surface area contributed by atoms with Gasteiger partial charge in [-0.1, -0.05) is 6.08 Å². The third kappa shape index (κ3) is 0.825. The predicted molar refractivity (Wildman–Crippen MR) is 26.0 cm³/mol. The molecular weight excluding hydrogens is 111 g/mol. The van der Waals surface area contributed by atoms with Gasteiger partial charge in [0, 0.05) is 0 Å². The molecule has 0 radical (unpaired) electrons. The van der Waals surface area contributed by atoms with E-state index in [0.717, 1.165) is 6.42 Å². The summed E-state index contributed by atoms with van der Waals surface area (Å²) in [5, 5.41) is 10.6. The third-order valence-corrected chi connectivity index (χ3v) is 1.85. The van der Waals surface area contributed by atoms with E-state index in [9.17, 15) is 5.11 Å². The number of rotatable bonds is 0. The van der Waals surface area contributed by atoms with Crippen LogP contribution in [0.4, 0.5) is 0 Å². The molecule has 2 aliphatic rings. The number of ether oxygens (including phenoxy) is 1. The fourth-order valence-corrected chi connectivity index (χ4v) is 1.16. The molecule has 0 saturated carbocycles. The minimum absolute atomic E-state index is 0. The van der Waals surface area contributed by atoms with Crippen LogP contribution >= 0.6 is 0 Å². The average molecular weight is 118 g/mol. The molecule has 0 amide bonds. The van der Waals surface area contributed by atoms with E-state index < -0.39 is 0 Å². The number of epoxide rings is 1. The summed E-state index contributed by atoms with van der Waals surface area (Å²) in [6.45, 7) is 1.97. The van der Waals surface area contributed by atoms with Crippen molar-refractivity contribution in [1.82, 2.24) is 0 Å². The molecule has 0 aromatic rings. The van der Waals surface area contributed by atoms with E-state index >= 15 is 0 Å². The van der Waals surface area contributed by atoms with Gasteiger partial charge in [0.15, 0.2) is 0 Å². The van der Waals surface area contributed by atoms with Crippen LogP contribution < -0.4 is 24.0 Å². The molecule has 0 N–H and O–H groups in total. The molecule has 1 heterocycles. The molecule has 9 heavy (non-hydrogen) atoms. The topological polar surface area (TPSA) is 35.6 Å². The Labute approximate surface area is 66.1 Å². The Kier molecular flexibility index (Phi) is 1.43. The summed E-state index contributed by atoms with van der Waals surface area (Å²) in [7, 11) is 0. The van der Waals surface area contributed by atoms with Crippen LogP contribution in [0.2, 0.25) is 0 Å². The summed E-state index contributed by atoms with van der Waals surface area (Å²) in [6, 6.07) is 0. The molecule has 1 fully saturated rings. The van der Waals surface area contributed by atoms with Crippen molar-refractivity contribution in [3.63, 3.8) is 0 Å². The van der Waals surface area contributed by atoms with Gasteiger partial charge >= 0.3 is 18.9 Å². The van der Waals surface area contributed by atoms with E-state index in [-0.39, 0.29) is 36.3 Å². The van der Waals surface area contributed by atoms with Gasteiger partial charge in [-0.05, 0) is 13.3 Å². The summed E-state index contributed by atoms with van der Waals surface area (Å²) in [5.41, 5.74) is -0.0723. The van der Waals surface area contributed by atoms with E-state index in [4.69, 9.17) is 4.74 Å². The molecule has 1 saturated heterocycles.